The smallest absolute Gasteiger partial charge is 0.330 e. The lowest BCUT2D eigenvalue weighted by Crippen LogP contribution is -2.20. The van der Waals surface area contributed by atoms with E-state index in [9.17, 15) is 14.3 Å². The highest BCUT2D eigenvalue weighted by atomic mass is 19.1. The molecular weight excluding hydrogens is 257 g/mol. The molecule has 0 saturated carbocycles. The van der Waals surface area contributed by atoms with E-state index in [4.69, 9.17) is 0 Å². The van der Waals surface area contributed by atoms with Crippen LogP contribution in [-0.2, 0) is 11.2 Å². The molecule has 0 aromatic heterocycles. The molecular formula is C16H16FNO2. The summed E-state index contributed by atoms with van der Waals surface area (Å²) in [5.74, 6) is -1.40. The first-order valence-corrected chi connectivity index (χ1v) is 6.44. The second-order valence-electron chi connectivity index (χ2n) is 4.52. The number of carbonyl (C=O) groups is 1. The molecule has 0 radical (unpaired) electrons. The third-order valence-corrected chi connectivity index (χ3v) is 3.10. The molecule has 0 aliphatic heterocycles. The minimum absolute atomic E-state index is 0.402. The van der Waals surface area contributed by atoms with Gasteiger partial charge in [-0.05, 0) is 35.7 Å². The third-order valence-electron chi connectivity index (χ3n) is 3.10. The van der Waals surface area contributed by atoms with Gasteiger partial charge in [-0.1, -0.05) is 37.3 Å². The van der Waals surface area contributed by atoms with E-state index < -0.39 is 17.8 Å². The number of aryl methyl sites for hydroxylation is 1. The van der Waals surface area contributed by atoms with Gasteiger partial charge in [0.15, 0.2) is 6.04 Å². The Balaban J connectivity index is 2.24. The Morgan fingerprint density at radius 3 is 2.50 bits per heavy atom. The Morgan fingerprint density at radius 2 is 1.95 bits per heavy atom. The van der Waals surface area contributed by atoms with Gasteiger partial charge in [0.1, 0.15) is 5.82 Å². The van der Waals surface area contributed by atoms with Gasteiger partial charge in [0.25, 0.3) is 0 Å². The topological polar surface area (TPSA) is 49.3 Å². The fraction of sp³-hybridized carbons (Fsp3) is 0.188. The molecule has 0 bridgehead atoms. The van der Waals surface area contributed by atoms with Crippen molar-refractivity contribution in [3.8, 4) is 0 Å². The van der Waals surface area contributed by atoms with Crippen LogP contribution < -0.4 is 5.32 Å². The Labute approximate surface area is 117 Å². The maximum Gasteiger partial charge on any atom is 0.330 e. The van der Waals surface area contributed by atoms with E-state index in [1.165, 1.54) is 18.2 Å². The molecule has 1 unspecified atom stereocenters. The number of aliphatic carboxylic acids is 1. The van der Waals surface area contributed by atoms with E-state index in [0.29, 0.717) is 11.3 Å². The van der Waals surface area contributed by atoms with Crippen LogP contribution in [0.15, 0.2) is 48.5 Å². The molecule has 104 valence electrons. The highest BCUT2D eigenvalue weighted by Crippen LogP contribution is 2.21. The number of halogens is 1. The normalized spacial score (nSPS) is 11.9. The first kappa shape index (κ1) is 14.1. The van der Waals surface area contributed by atoms with Gasteiger partial charge in [0.05, 0.1) is 0 Å². The zero-order chi connectivity index (χ0) is 14.5. The van der Waals surface area contributed by atoms with E-state index in [2.05, 4.69) is 5.32 Å². The van der Waals surface area contributed by atoms with Crippen molar-refractivity contribution in [1.82, 2.24) is 0 Å². The van der Waals surface area contributed by atoms with Crippen molar-refractivity contribution in [3.63, 3.8) is 0 Å². The van der Waals surface area contributed by atoms with Crippen LogP contribution >= 0.6 is 0 Å². The third kappa shape index (κ3) is 3.35. The largest absolute Gasteiger partial charge is 0.479 e. The number of rotatable bonds is 5. The van der Waals surface area contributed by atoms with Gasteiger partial charge in [0.2, 0.25) is 0 Å². The van der Waals surface area contributed by atoms with Crippen LogP contribution in [-0.4, -0.2) is 11.1 Å². The van der Waals surface area contributed by atoms with Gasteiger partial charge in [-0.3, -0.25) is 0 Å². The SMILES string of the molecule is CCc1ccc(C(Nc2cccc(F)c2)C(=O)O)cc1. The Kier molecular flexibility index (Phi) is 4.35. The quantitative estimate of drug-likeness (QED) is 0.874. The molecule has 2 aromatic carbocycles. The van der Waals surface area contributed by atoms with Crippen molar-refractivity contribution in [2.45, 2.75) is 19.4 Å². The van der Waals surface area contributed by atoms with E-state index in [1.54, 1.807) is 18.2 Å². The number of nitrogens with one attached hydrogen (secondary N) is 1. The van der Waals surface area contributed by atoms with Crippen molar-refractivity contribution >= 4 is 11.7 Å². The Bertz CT molecular complexity index is 596. The zero-order valence-corrected chi connectivity index (χ0v) is 11.1. The molecule has 0 saturated heterocycles. The van der Waals surface area contributed by atoms with E-state index >= 15 is 0 Å². The summed E-state index contributed by atoms with van der Waals surface area (Å²) in [7, 11) is 0. The van der Waals surface area contributed by atoms with E-state index in [-0.39, 0.29) is 0 Å². The zero-order valence-electron chi connectivity index (χ0n) is 11.1. The number of anilines is 1. The summed E-state index contributed by atoms with van der Waals surface area (Å²) in [5.41, 5.74) is 2.22. The monoisotopic (exact) mass is 273 g/mol. The first-order chi connectivity index (χ1) is 9.60. The minimum atomic E-state index is -1.00. The molecule has 1 atom stereocenters. The van der Waals surface area contributed by atoms with Gasteiger partial charge >= 0.3 is 5.97 Å². The summed E-state index contributed by atoms with van der Waals surface area (Å²) < 4.78 is 13.1. The first-order valence-electron chi connectivity index (χ1n) is 6.44. The van der Waals surface area contributed by atoms with Crippen molar-refractivity contribution < 1.29 is 14.3 Å². The molecule has 2 aromatic rings. The number of carboxylic acids is 1. The number of hydrogen-bond donors (Lipinski definition) is 2. The van der Waals surface area contributed by atoms with Crippen LogP contribution in [0.25, 0.3) is 0 Å². The van der Waals surface area contributed by atoms with Crippen LogP contribution in [0.4, 0.5) is 10.1 Å². The molecule has 2 rings (SSSR count). The molecule has 0 heterocycles. The summed E-state index contributed by atoms with van der Waals surface area (Å²) in [6.07, 6.45) is 0.898. The fourth-order valence-electron chi connectivity index (χ4n) is 1.98. The molecule has 3 nitrogen and oxygen atoms in total. The second kappa shape index (κ2) is 6.19. The van der Waals surface area contributed by atoms with Crippen LogP contribution in [0.3, 0.4) is 0 Å². The lowest BCUT2D eigenvalue weighted by atomic mass is 10.0. The maximum atomic E-state index is 13.1. The average molecular weight is 273 g/mol. The molecule has 20 heavy (non-hydrogen) atoms. The summed E-state index contributed by atoms with van der Waals surface area (Å²) in [6.45, 7) is 2.04. The van der Waals surface area contributed by atoms with Gasteiger partial charge in [-0.25, -0.2) is 9.18 Å². The standard InChI is InChI=1S/C16H16FNO2/c1-2-11-6-8-12(9-7-11)15(16(19)20)18-14-5-3-4-13(17)10-14/h3-10,15,18H,2H2,1H3,(H,19,20). The lowest BCUT2D eigenvalue weighted by molar-refractivity contribution is -0.138. The molecule has 0 amide bonds. The minimum Gasteiger partial charge on any atom is -0.479 e. The van der Waals surface area contributed by atoms with Crippen LogP contribution in [0, 0.1) is 5.82 Å². The van der Waals surface area contributed by atoms with E-state index in [1.807, 2.05) is 19.1 Å². The Morgan fingerprint density at radius 1 is 1.25 bits per heavy atom. The average Bonchev–Trinajstić information content (AvgIpc) is 2.45. The molecule has 0 aliphatic carbocycles. The van der Waals surface area contributed by atoms with Gasteiger partial charge in [-0.15, -0.1) is 0 Å². The predicted octanol–water partition coefficient (Wildman–Crippen LogP) is 3.63. The molecule has 4 heteroatoms. The number of benzene rings is 2. The second-order valence-corrected chi connectivity index (χ2v) is 4.52. The van der Waals surface area contributed by atoms with Gasteiger partial charge < -0.3 is 10.4 Å². The molecule has 0 fully saturated rings. The number of carboxylic acid groups (broad SMARTS) is 1. The van der Waals surface area contributed by atoms with Crippen molar-refractivity contribution in [2.75, 3.05) is 5.32 Å². The van der Waals surface area contributed by atoms with Crippen molar-refractivity contribution in [3.05, 3.63) is 65.5 Å². The van der Waals surface area contributed by atoms with Crippen LogP contribution in [0.1, 0.15) is 24.1 Å². The van der Waals surface area contributed by atoms with E-state index in [0.717, 1.165) is 12.0 Å². The maximum absolute atomic E-state index is 13.1. The highest BCUT2D eigenvalue weighted by Gasteiger charge is 2.19. The molecule has 2 N–H and O–H groups in total. The Hall–Kier alpha value is -2.36. The van der Waals surface area contributed by atoms with Gasteiger partial charge in [-0.2, -0.15) is 0 Å². The van der Waals surface area contributed by atoms with Crippen molar-refractivity contribution in [2.24, 2.45) is 0 Å². The number of hydrogen-bond acceptors (Lipinski definition) is 2. The summed E-state index contributed by atoms with van der Waals surface area (Å²) in [6, 6.07) is 12.2. The summed E-state index contributed by atoms with van der Waals surface area (Å²) in [5, 5.41) is 12.2. The van der Waals surface area contributed by atoms with Crippen LogP contribution in [0.5, 0.6) is 0 Å². The van der Waals surface area contributed by atoms with Crippen molar-refractivity contribution in [1.29, 1.82) is 0 Å². The predicted molar refractivity (Wildman–Crippen MR) is 76.2 cm³/mol. The molecule has 0 aliphatic rings. The highest BCUT2D eigenvalue weighted by molar-refractivity contribution is 5.79. The molecule has 0 spiro atoms. The fourth-order valence-corrected chi connectivity index (χ4v) is 1.98. The van der Waals surface area contributed by atoms with Crippen LogP contribution in [0.2, 0.25) is 0 Å². The lowest BCUT2D eigenvalue weighted by Gasteiger charge is -2.16. The summed E-state index contributed by atoms with van der Waals surface area (Å²) in [4.78, 5) is 11.4. The summed E-state index contributed by atoms with van der Waals surface area (Å²) >= 11 is 0. The van der Waals surface area contributed by atoms with Gasteiger partial charge in [0, 0.05) is 5.69 Å².